The number of fused-ring (bicyclic) bond motifs is 1. The fourth-order valence-electron chi connectivity index (χ4n) is 3.10. The molecule has 0 spiro atoms. The minimum Gasteiger partial charge on any atom is -0.408 e. The second-order valence-electron chi connectivity index (χ2n) is 6.59. The summed E-state index contributed by atoms with van der Waals surface area (Å²) in [6, 6.07) is 14.1. The van der Waals surface area contributed by atoms with Gasteiger partial charge in [0.25, 0.3) is 0 Å². The molecule has 1 heterocycles. The Kier molecular flexibility index (Phi) is 7.26. The Morgan fingerprint density at radius 3 is 2.40 bits per heavy atom. The van der Waals surface area contributed by atoms with E-state index >= 15 is 0 Å². The van der Waals surface area contributed by atoms with E-state index in [1.807, 2.05) is 6.07 Å². The van der Waals surface area contributed by atoms with E-state index in [-0.39, 0.29) is 25.0 Å². The first-order valence-electron chi connectivity index (χ1n) is 9.79. The maximum atomic E-state index is 12.6. The Morgan fingerprint density at radius 2 is 1.73 bits per heavy atom. The van der Waals surface area contributed by atoms with Gasteiger partial charge in [-0.2, -0.15) is 0 Å². The number of anilines is 1. The number of amides is 1. The van der Waals surface area contributed by atoms with E-state index in [1.54, 1.807) is 56.3 Å². The van der Waals surface area contributed by atoms with Crippen molar-refractivity contribution in [2.45, 2.75) is 33.0 Å². The summed E-state index contributed by atoms with van der Waals surface area (Å²) in [6.07, 6.45) is 0.286. The fraction of sp³-hybridized carbons (Fsp3) is 0.333. The highest BCUT2D eigenvalue weighted by Gasteiger charge is 2.23. The third-order valence-electron chi connectivity index (χ3n) is 4.40. The first kappa shape index (κ1) is 22.0. The Bertz CT molecular complexity index is 1090. The standard InChI is InChI=1S/C21H25N2O6P/c1-3-27-30(26,28-4-2)15-16-9-11-17(12-10-16)22-20(24)13-14-23-18-7-5-6-8-19(18)29-21(23)25/h5-12H,3-4,13-15H2,1-2H3,(H,22,24). The summed E-state index contributed by atoms with van der Waals surface area (Å²) >= 11 is 0. The van der Waals surface area contributed by atoms with Crippen molar-refractivity contribution in [2.75, 3.05) is 18.5 Å². The molecule has 9 heteroatoms. The van der Waals surface area contributed by atoms with E-state index in [4.69, 9.17) is 13.5 Å². The molecule has 0 saturated carbocycles. The van der Waals surface area contributed by atoms with Gasteiger partial charge < -0.3 is 18.8 Å². The van der Waals surface area contributed by atoms with E-state index in [0.29, 0.717) is 30.0 Å². The lowest BCUT2D eigenvalue weighted by atomic mass is 10.2. The lowest BCUT2D eigenvalue weighted by molar-refractivity contribution is -0.116. The van der Waals surface area contributed by atoms with E-state index in [1.165, 1.54) is 4.57 Å². The van der Waals surface area contributed by atoms with Crippen molar-refractivity contribution in [3.05, 3.63) is 64.6 Å². The number of aromatic nitrogens is 1. The van der Waals surface area contributed by atoms with Gasteiger partial charge in [0.15, 0.2) is 5.58 Å². The number of carbonyl (C=O) groups excluding carboxylic acids is 1. The topological polar surface area (TPSA) is 99.8 Å². The summed E-state index contributed by atoms with van der Waals surface area (Å²) in [5.74, 6) is -0.712. The summed E-state index contributed by atoms with van der Waals surface area (Å²) in [4.78, 5) is 24.3. The number of hydrogen-bond acceptors (Lipinski definition) is 6. The van der Waals surface area contributed by atoms with Gasteiger partial charge >= 0.3 is 13.4 Å². The summed E-state index contributed by atoms with van der Waals surface area (Å²) < 4.78 is 29.8. The number of nitrogens with zero attached hydrogens (tertiary/aromatic N) is 1. The number of para-hydroxylation sites is 2. The predicted molar refractivity (Wildman–Crippen MR) is 115 cm³/mol. The highest BCUT2D eigenvalue weighted by molar-refractivity contribution is 7.53. The van der Waals surface area contributed by atoms with Gasteiger partial charge in [-0.1, -0.05) is 24.3 Å². The number of carbonyl (C=O) groups is 1. The van der Waals surface area contributed by atoms with Gasteiger partial charge in [0.05, 0.1) is 24.9 Å². The molecule has 0 unspecified atom stereocenters. The van der Waals surface area contributed by atoms with Crippen molar-refractivity contribution in [1.82, 2.24) is 4.57 Å². The lowest BCUT2D eigenvalue weighted by Gasteiger charge is -2.17. The molecule has 3 aromatic rings. The minimum atomic E-state index is -3.18. The average molecular weight is 432 g/mol. The normalized spacial score (nSPS) is 11.7. The molecule has 0 radical (unpaired) electrons. The van der Waals surface area contributed by atoms with Crippen LogP contribution in [0.4, 0.5) is 5.69 Å². The van der Waals surface area contributed by atoms with Crippen LogP contribution in [0.3, 0.4) is 0 Å². The molecule has 1 amide bonds. The Balaban J connectivity index is 1.58. The molecule has 0 bridgehead atoms. The van der Waals surface area contributed by atoms with Crippen LogP contribution in [0, 0.1) is 0 Å². The summed E-state index contributed by atoms with van der Waals surface area (Å²) in [6.45, 7) is 4.36. The summed E-state index contributed by atoms with van der Waals surface area (Å²) in [5, 5.41) is 2.80. The predicted octanol–water partition coefficient (Wildman–Crippen LogP) is 4.39. The second-order valence-corrected chi connectivity index (χ2v) is 8.64. The Labute approximate surface area is 174 Å². The molecule has 0 saturated heterocycles. The van der Waals surface area contributed by atoms with Crippen molar-refractivity contribution in [3.63, 3.8) is 0 Å². The summed E-state index contributed by atoms with van der Waals surface area (Å²) in [5.41, 5.74) is 2.55. The molecular weight excluding hydrogens is 407 g/mol. The van der Waals surface area contributed by atoms with Gasteiger partial charge in [0.1, 0.15) is 0 Å². The molecule has 1 N–H and O–H groups in total. The van der Waals surface area contributed by atoms with Gasteiger partial charge in [-0.25, -0.2) is 4.79 Å². The van der Waals surface area contributed by atoms with Crippen molar-refractivity contribution in [1.29, 1.82) is 0 Å². The third kappa shape index (κ3) is 5.48. The first-order valence-corrected chi connectivity index (χ1v) is 11.5. The smallest absolute Gasteiger partial charge is 0.408 e. The maximum Gasteiger partial charge on any atom is 0.419 e. The molecule has 0 atom stereocenters. The van der Waals surface area contributed by atoms with Crippen molar-refractivity contribution < 1.29 is 22.8 Å². The quantitative estimate of drug-likeness (QED) is 0.477. The van der Waals surface area contributed by atoms with Crippen molar-refractivity contribution in [3.8, 4) is 0 Å². The highest BCUT2D eigenvalue weighted by Crippen LogP contribution is 2.51. The fourth-order valence-corrected chi connectivity index (χ4v) is 4.80. The molecule has 0 fully saturated rings. The third-order valence-corrected chi connectivity index (χ3v) is 6.46. The van der Waals surface area contributed by atoms with Crippen LogP contribution in [0.25, 0.3) is 11.1 Å². The molecule has 0 aliphatic heterocycles. The van der Waals surface area contributed by atoms with Gasteiger partial charge in [-0.15, -0.1) is 0 Å². The zero-order valence-corrected chi connectivity index (χ0v) is 17.9. The molecule has 3 rings (SSSR count). The molecule has 2 aromatic carbocycles. The Morgan fingerprint density at radius 1 is 1.07 bits per heavy atom. The average Bonchev–Trinajstić information content (AvgIpc) is 3.03. The van der Waals surface area contributed by atoms with E-state index in [2.05, 4.69) is 5.32 Å². The molecule has 8 nitrogen and oxygen atoms in total. The SMILES string of the molecule is CCOP(=O)(Cc1ccc(NC(=O)CCn2c(=O)oc3ccccc32)cc1)OCC. The van der Waals surface area contributed by atoms with Crippen LogP contribution >= 0.6 is 7.60 Å². The van der Waals surface area contributed by atoms with E-state index < -0.39 is 13.4 Å². The Hall–Kier alpha value is -2.67. The monoisotopic (exact) mass is 432 g/mol. The highest BCUT2D eigenvalue weighted by atomic mass is 31.2. The first-order chi connectivity index (χ1) is 14.4. The molecule has 1 aromatic heterocycles. The van der Waals surface area contributed by atoms with Crippen LogP contribution in [0.2, 0.25) is 0 Å². The number of nitrogens with one attached hydrogen (secondary N) is 1. The van der Waals surface area contributed by atoms with Crippen molar-refractivity contribution in [2.24, 2.45) is 0 Å². The zero-order valence-electron chi connectivity index (χ0n) is 17.0. The van der Waals surface area contributed by atoms with Crippen LogP contribution in [-0.4, -0.2) is 23.7 Å². The van der Waals surface area contributed by atoms with Crippen LogP contribution in [0.15, 0.2) is 57.7 Å². The number of rotatable bonds is 10. The van der Waals surface area contributed by atoms with Gasteiger partial charge in [0.2, 0.25) is 5.91 Å². The molecule has 0 aliphatic carbocycles. The number of oxazole rings is 1. The van der Waals surface area contributed by atoms with Gasteiger partial charge in [-0.05, 0) is 43.7 Å². The van der Waals surface area contributed by atoms with Crippen LogP contribution in [0.1, 0.15) is 25.8 Å². The molecule has 160 valence electrons. The van der Waals surface area contributed by atoms with Crippen LogP contribution in [0.5, 0.6) is 0 Å². The van der Waals surface area contributed by atoms with Crippen LogP contribution in [-0.2, 0) is 31.1 Å². The minimum absolute atomic E-state index is 0.120. The number of hydrogen-bond donors (Lipinski definition) is 1. The number of benzene rings is 2. The summed E-state index contributed by atoms with van der Waals surface area (Å²) in [7, 11) is -3.18. The van der Waals surface area contributed by atoms with E-state index in [0.717, 1.165) is 5.56 Å². The molecule has 0 aliphatic rings. The molecular formula is C21H25N2O6P. The van der Waals surface area contributed by atoms with Crippen LogP contribution < -0.4 is 11.1 Å². The van der Waals surface area contributed by atoms with Gasteiger partial charge in [-0.3, -0.25) is 13.9 Å². The zero-order chi connectivity index (χ0) is 21.6. The van der Waals surface area contributed by atoms with Crippen molar-refractivity contribution >= 4 is 30.3 Å². The molecule has 30 heavy (non-hydrogen) atoms. The van der Waals surface area contributed by atoms with E-state index in [9.17, 15) is 14.2 Å². The lowest BCUT2D eigenvalue weighted by Crippen LogP contribution is -2.19. The largest absolute Gasteiger partial charge is 0.419 e. The second kappa shape index (κ2) is 9.89. The number of aryl methyl sites for hydroxylation is 1. The maximum absolute atomic E-state index is 12.6. The van der Waals surface area contributed by atoms with Gasteiger partial charge in [0, 0.05) is 18.7 Å².